The van der Waals surface area contributed by atoms with Crippen LogP contribution in [0.2, 0.25) is 5.15 Å². The number of nitrogens with zero attached hydrogens (tertiary/aromatic N) is 3. The highest BCUT2D eigenvalue weighted by atomic mass is 35.5. The van der Waals surface area contributed by atoms with E-state index in [0.717, 1.165) is 11.8 Å². The predicted molar refractivity (Wildman–Crippen MR) is 64.9 cm³/mol. The van der Waals surface area contributed by atoms with Gasteiger partial charge in [-0.15, -0.1) is 0 Å². The van der Waals surface area contributed by atoms with Crippen LogP contribution in [0.4, 0.5) is 0 Å². The molecule has 0 saturated heterocycles. The average Bonchev–Trinajstić information content (AvgIpc) is 2.28. The van der Waals surface area contributed by atoms with E-state index in [9.17, 15) is 10.1 Å². The molecule has 0 fully saturated rings. The van der Waals surface area contributed by atoms with Crippen molar-refractivity contribution < 1.29 is 4.92 Å². The van der Waals surface area contributed by atoms with E-state index in [0.29, 0.717) is 17.5 Å². The zero-order valence-corrected chi connectivity index (χ0v) is 10.3. The Labute approximate surface area is 104 Å². The van der Waals surface area contributed by atoms with Crippen molar-refractivity contribution >= 4 is 11.6 Å². The summed E-state index contributed by atoms with van der Waals surface area (Å²) in [6, 6.07) is 3.51. The molecule has 1 rings (SSSR count). The molecule has 0 spiro atoms. The normalized spacial score (nSPS) is 11.1. The third-order valence-corrected chi connectivity index (χ3v) is 2.33. The number of nitrogens with one attached hydrogen (secondary N) is 1. The molecule has 0 amide bonds. The van der Waals surface area contributed by atoms with Crippen LogP contribution in [0, 0.1) is 10.1 Å². The highest BCUT2D eigenvalue weighted by molar-refractivity contribution is 6.29. The van der Waals surface area contributed by atoms with Gasteiger partial charge in [0.2, 0.25) is 0 Å². The summed E-state index contributed by atoms with van der Waals surface area (Å²) in [4.78, 5) is 15.6. The van der Waals surface area contributed by atoms with Crippen LogP contribution in [-0.2, 0) is 6.54 Å². The molecule has 6 nitrogen and oxygen atoms in total. The zero-order chi connectivity index (χ0) is 12.8. The van der Waals surface area contributed by atoms with Crippen LogP contribution >= 0.6 is 11.6 Å². The molecular formula is C10H13ClN4O2. The quantitative estimate of drug-likeness (QED) is 0.491. The Morgan fingerprint density at radius 1 is 1.71 bits per heavy atom. The molecule has 0 aromatic carbocycles. The second-order valence-electron chi connectivity index (χ2n) is 3.39. The molecule has 0 aliphatic carbocycles. The Morgan fingerprint density at radius 2 is 2.41 bits per heavy atom. The van der Waals surface area contributed by atoms with E-state index in [1.807, 2.05) is 6.07 Å². The number of hydrogen-bond acceptors (Lipinski definition) is 5. The topological polar surface area (TPSA) is 71.3 Å². The Bertz CT molecular complexity index is 419. The number of nitro groups is 1. The fourth-order valence-corrected chi connectivity index (χ4v) is 1.42. The highest BCUT2D eigenvalue weighted by Gasteiger charge is 2.08. The van der Waals surface area contributed by atoms with Crippen molar-refractivity contribution in [2.24, 2.45) is 0 Å². The van der Waals surface area contributed by atoms with Gasteiger partial charge in [0.25, 0.3) is 6.20 Å². The van der Waals surface area contributed by atoms with Gasteiger partial charge in [0.1, 0.15) is 5.15 Å². The van der Waals surface area contributed by atoms with E-state index in [1.54, 1.807) is 31.3 Å². The third kappa shape index (κ3) is 4.28. The fourth-order valence-electron chi connectivity index (χ4n) is 1.31. The van der Waals surface area contributed by atoms with E-state index in [1.165, 1.54) is 0 Å². The van der Waals surface area contributed by atoms with Crippen LogP contribution in [0.5, 0.6) is 0 Å². The third-order valence-electron chi connectivity index (χ3n) is 2.10. The molecule has 0 unspecified atom stereocenters. The summed E-state index contributed by atoms with van der Waals surface area (Å²) in [5, 5.41) is 13.6. The van der Waals surface area contributed by atoms with Gasteiger partial charge in [-0.25, -0.2) is 4.98 Å². The second kappa shape index (κ2) is 6.05. The molecule has 1 aromatic rings. The molecule has 0 radical (unpaired) electrons. The number of pyridine rings is 1. The lowest BCUT2D eigenvalue weighted by Gasteiger charge is -2.19. The minimum absolute atomic E-state index is 0.421. The molecule has 7 heteroatoms. The van der Waals surface area contributed by atoms with E-state index in [-0.39, 0.29) is 0 Å². The lowest BCUT2D eigenvalue weighted by Crippen LogP contribution is -2.26. The summed E-state index contributed by atoms with van der Waals surface area (Å²) in [6.07, 6.45) is 2.56. The summed E-state index contributed by atoms with van der Waals surface area (Å²) in [6.45, 7) is 0.505. The van der Waals surface area contributed by atoms with Crippen molar-refractivity contribution in [1.82, 2.24) is 15.2 Å². The summed E-state index contributed by atoms with van der Waals surface area (Å²) in [7, 11) is 3.38. The van der Waals surface area contributed by atoms with Gasteiger partial charge in [0, 0.05) is 26.8 Å². The van der Waals surface area contributed by atoms with Crippen LogP contribution in [0.25, 0.3) is 0 Å². The van der Waals surface area contributed by atoms with Gasteiger partial charge < -0.3 is 10.2 Å². The Kier molecular flexibility index (Phi) is 4.71. The number of hydrogen-bond donors (Lipinski definition) is 1. The first kappa shape index (κ1) is 13.2. The summed E-state index contributed by atoms with van der Waals surface area (Å²) in [5.41, 5.74) is 0.918. The molecule has 0 atom stereocenters. The molecular weight excluding hydrogens is 244 g/mol. The minimum atomic E-state index is -0.498. The van der Waals surface area contributed by atoms with Crippen LogP contribution < -0.4 is 5.32 Å². The zero-order valence-electron chi connectivity index (χ0n) is 9.55. The van der Waals surface area contributed by atoms with Crippen molar-refractivity contribution in [3.63, 3.8) is 0 Å². The number of rotatable bonds is 5. The van der Waals surface area contributed by atoms with Gasteiger partial charge in [0.05, 0.1) is 4.92 Å². The van der Waals surface area contributed by atoms with Crippen LogP contribution in [0.15, 0.2) is 30.4 Å². The van der Waals surface area contributed by atoms with E-state index >= 15 is 0 Å². The Hall–Kier alpha value is -1.82. The lowest BCUT2D eigenvalue weighted by molar-refractivity contribution is -0.404. The van der Waals surface area contributed by atoms with Gasteiger partial charge in [-0.1, -0.05) is 17.7 Å². The smallest absolute Gasteiger partial charge is 0.274 e. The van der Waals surface area contributed by atoms with Gasteiger partial charge in [-0.05, 0) is 11.6 Å². The first-order valence-electron chi connectivity index (χ1n) is 4.87. The molecule has 17 heavy (non-hydrogen) atoms. The standard InChI is InChI=1S/C10H13ClN4O2/c1-12-10(7-15(16)17)14(2)6-8-3-4-9(11)13-5-8/h3-5,7,12H,6H2,1-2H3/b10-7+. The second-order valence-corrected chi connectivity index (χ2v) is 3.78. The largest absolute Gasteiger partial charge is 0.370 e. The maximum absolute atomic E-state index is 10.4. The molecule has 0 bridgehead atoms. The molecule has 1 aromatic heterocycles. The average molecular weight is 257 g/mol. The fraction of sp³-hybridized carbons (Fsp3) is 0.300. The lowest BCUT2D eigenvalue weighted by atomic mass is 10.3. The summed E-state index contributed by atoms with van der Waals surface area (Å²) in [5.74, 6) is 0.421. The Morgan fingerprint density at radius 3 is 2.88 bits per heavy atom. The SMILES string of the molecule is CN/C(=C\[N+](=O)[O-])N(C)Cc1ccc(Cl)nc1. The molecule has 1 N–H and O–H groups in total. The molecule has 0 saturated carbocycles. The minimum Gasteiger partial charge on any atom is -0.370 e. The summed E-state index contributed by atoms with van der Waals surface area (Å²) >= 11 is 5.67. The van der Waals surface area contributed by atoms with Crippen molar-refractivity contribution in [2.45, 2.75) is 6.54 Å². The molecule has 92 valence electrons. The number of aromatic nitrogens is 1. The van der Waals surface area contributed by atoms with Crippen molar-refractivity contribution in [2.75, 3.05) is 14.1 Å². The van der Waals surface area contributed by atoms with Crippen molar-refractivity contribution in [1.29, 1.82) is 0 Å². The maximum atomic E-state index is 10.4. The van der Waals surface area contributed by atoms with Crippen molar-refractivity contribution in [3.8, 4) is 0 Å². The van der Waals surface area contributed by atoms with E-state index < -0.39 is 4.92 Å². The van der Waals surface area contributed by atoms with Crippen molar-refractivity contribution in [3.05, 3.63) is 51.2 Å². The first-order valence-corrected chi connectivity index (χ1v) is 5.25. The molecule has 0 aliphatic rings. The first-order chi connectivity index (χ1) is 8.02. The van der Waals surface area contributed by atoms with Gasteiger partial charge >= 0.3 is 0 Å². The predicted octanol–water partition coefficient (Wildman–Crippen LogP) is 1.46. The van der Waals surface area contributed by atoms with Gasteiger partial charge in [-0.3, -0.25) is 10.1 Å². The molecule has 0 aliphatic heterocycles. The maximum Gasteiger partial charge on any atom is 0.274 e. The van der Waals surface area contributed by atoms with Crippen LogP contribution in [0.1, 0.15) is 5.56 Å². The molecule has 1 heterocycles. The highest BCUT2D eigenvalue weighted by Crippen LogP contribution is 2.09. The van der Waals surface area contributed by atoms with E-state index in [2.05, 4.69) is 10.3 Å². The van der Waals surface area contributed by atoms with E-state index in [4.69, 9.17) is 11.6 Å². The van der Waals surface area contributed by atoms with Crippen LogP contribution in [0.3, 0.4) is 0 Å². The Balaban J connectivity index is 2.73. The monoisotopic (exact) mass is 256 g/mol. The van der Waals surface area contributed by atoms with Gasteiger partial charge in [-0.2, -0.15) is 0 Å². The number of halogens is 1. The van der Waals surface area contributed by atoms with Gasteiger partial charge in [0.15, 0.2) is 5.82 Å². The van der Waals surface area contributed by atoms with Crippen LogP contribution in [-0.4, -0.2) is 28.9 Å². The summed E-state index contributed by atoms with van der Waals surface area (Å²) < 4.78 is 0.